The summed E-state index contributed by atoms with van der Waals surface area (Å²) in [6, 6.07) is -0.728. The van der Waals surface area contributed by atoms with Gasteiger partial charge in [0.25, 0.3) is 0 Å². The first kappa shape index (κ1) is 13.9. The lowest BCUT2D eigenvalue weighted by Gasteiger charge is -2.29. The molecule has 1 atom stereocenters. The van der Waals surface area contributed by atoms with E-state index in [1.165, 1.54) is 0 Å². The number of piperazine rings is 1. The second-order valence-corrected chi connectivity index (χ2v) is 4.46. The van der Waals surface area contributed by atoms with Crippen LogP contribution in [0.4, 0.5) is 13.2 Å². The molecule has 8 heteroatoms. The van der Waals surface area contributed by atoms with Crippen molar-refractivity contribution in [3.63, 3.8) is 0 Å². The normalized spacial score (nSPS) is 18.4. The Morgan fingerprint density at radius 1 is 1.42 bits per heavy atom. The SMILES string of the molecule is CC(C(=O)N1CCNCC1)n1cc(C(F)(F)F)cn1. The number of carbonyl (C=O) groups is 1. The number of hydrogen-bond acceptors (Lipinski definition) is 3. The molecule has 1 aliphatic rings. The fourth-order valence-corrected chi connectivity index (χ4v) is 1.96. The summed E-state index contributed by atoms with van der Waals surface area (Å²) in [5.41, 5.74) is -0.840. The van der Waals surface area contributed by atoms with E-state index in [4.69, 9.17) is 0 Å². The van der Waals surface area contributed by atoms with Gasteiger partial charge in [0.05, 0.1) is 11.8 Å². The summed E-state index contributed by atoms with van der Waals surface area (Å²) in [6.45, 7) is 4.08. The van der Waals surface area contributed by atoms with Gasteiger partial charge in [-0.3, -0.25) is 9.48 Å². The van der Waals surface area contributed by atoms with Crippen LogP contribution in [0.3, 0.4) is 0 Å². The third-order valence-electron chi connectivity index (χ3n) is 3.11. The Kier molecular flexibility index (Phi) is 3.79. The van der Waals surface area contributed by atoms with Crippen molar-refractivity contribution in [3.8, 4) is 0 Å². The highest BCUT2D eigenvalue weighted by Crippen LogP contribution is 2.29. The molecule has 0 saturated carbocycles. The molecule has 1 unspecified atom stereocenters. The predicted molar refractivity (Wildman–Crippen MR) is 61.4 cm³/mol. The summed E-state index contributed by atoms with van der Waals surface area (Å²) in [7, 11) is 0. The molecule has 0 radical (unpaired) electrons. The Labute approximate surface area is 108 Å². The first-order chi connectivity index (χ1) is 8.89. The highest BCUT2D eigenvalue weighted by Gasteiger charge is 2.33. The Morgan fingerprint density at radius 2 is 2.05 bits per heavy atom. The molecule has 5 nitrogen and oxygen atoms in total. The van der Waals surface area contributed by atoms with Crippen LogP contribution in [0, 0.1) is 0 Å². The van der Waals surface area contributed by atoms with Crippen molar-refractivity contribution in [1.29, 1.82) is 0 Å². The number of carbonyl (C=O) groups excluding carboxylic acids is 1. The van der Waals surface area contributed by atoms with Gasteiger partial charge in [-0.2, -0.15) is 18.3 Å². The van der Waals surface area contributed by atoms with Gasteiger partial charge in [-0.05, 0) is 6.92 Å². The molecule has 1 fully saturated rings. The predicted octanol–water partition coefficient (Wildman–Crippen LogP) is 0.895. The molecule has 1 aromatic heterocycles. The average molecular weight is 276 g/mol. The molecule has 19 heavy (non-hydrogen) atoms. The Bertz CT molecular complexity index is 451. The third-order valence-corrected chi connectivity index (χ3v) is 3.11. The molecular formula is C11H15F3N4O. The smallest absolute Gasteiger partial charge is 0.338 e. The maximum absolute atomic E-state index is 12.5. The monoisotopic (exact) mass is 276 g/mol. The number of amides is 1. The van der Waals surface area contributed by atoms with Crippen LogP contribution in [-0.2, 0) is 11.0 Å². The maximum atomic E-state index is 12.5. The van der Waals surface area contributed by atoms with Gasteiger partial charge in [-0.25, -0.2) is 0 Å². The molecule has 1 N–H and O–H groups in total. The van der Waals surface area contributed by atoms with Crippen LogP contribution >= 0.6 is 0 Å². The standard InChI is InChI=1S/C11H15F3N4O/c1-8(10(19)17-4-2-15-3-5-17)18-7-9(6-16-18)11(12,13)14/h6-8,15H,2-5H2,1H3. The fourth-order valence-electron chi connectivity index (χ4n) is 1.96. The number of hydrogen-bond donors (Lipinski definition) is 1. The van der Waals surface area contributed by atoms with Gasteiger partial charge in [-0.1, -0.05) is 0 Å². The van der Waals surface area contributed by atoms with Crippen LogP contribution in [0.25, 0.3) is 0 Å². The average Bonchev–Trinajstić information content (AvgIpc) is 2.87. The number of rotatable bonds is 2. The molecule has 0 spiro atoms. The number of alkyl halides is 3. The van der Waals surface area contributed by atoms with Crippen LogP contribution in [0.1, 0.15) is 18.5 Å². The molecule has 2 heterocycles. The molecule has 1 aromatic rings. The van der Waals surface area contributed by atoms with E-state index in [1.54, 1.807) is 11.8 Å². The molecule has 106 valence electrons. The van der Waals surface area contributed by atoms with Gasteiger partial charge >= 0.3 is 6.18 Å². The van der Waals surface area contributed by atoms with Crippen molar-refractivity contribution >= 4 is 5.91 Å². The maximum Gasteiger partial charge on any atom is 0.419 e. The lowest BCUT2D eigenvalue weighted by atomic mass is 10.2. The van der Waals surface area contributed by atoms with E-state index in [0.29, 0.717) is 26.2 Å². The van der Waals surface area contributed by atoms with Crippen LogP contribution in [0.15, 0.2) is 12.4 Å². The lowest BCUT2D eigenvalue weighted by Crippen LogP contribution is -2.48. The van der Waals surface area contributed by atoms with Crippen molar-refractivity contribution in [2.45, 2.75) is 19.1 Å². The van der Waals surface area contributed by atoms with Crippen LogP contribution in [-0.4, -0.2) is 46.8 Å². The second-order valence-electron chi connectivity index (χ2n) is 4.46. The summed E-state index contributed by atoms with van der Waals surface area (Å²) in [5.74, 6) is -0.210. The van der Waals surface area contributed by atoms with E-state index in [0.717, 1.165) is 17.1 Å². The molecule has 0 bridgehead atoms. The third kappa shape index (κ3) is 3.06. The van der Waals surface area contributed by atoms with E-state index in [1.807, 2.05) is 0 Å². The fraction of sp³-hybridized carbons (Fsp3) is 0.636. The van der Waals surface area contributed by atoms with Crippen LogP contribution in [0.2, 0.25) is 0 Å². The minimum atomic E-state index is -4.43. The highest BCUT2D eigenvalue weighted by molar-refractivity contribution is 5.80. The van der Waals surface area contributed by atoms with Crippen molar-refractivity contribution < 1.29 is 18.0 Å². The molecule has 1 saturated heterocycles. The minimum Gasteiger partial charge on any atom is -0.338 e. The molecule has 1 amide bonds. The van der Waals surface area contributed by atoms with Crippen LogP contribution in [0.5, 0.6) is 0 Å². The van der Waals surface area contributed by atoms with Gasteiger partial charge in [-0.15, -0.1) is 0 Å². The Morgan fingerprint density at radius 3 is 2.58 bits per heavy atom. The van der Waals surface area contributed by atoms with E-state index >= 15 is 0 Å². The summed E-state index contributed by atoms with van der Waals surface area (Å²) >= 11 is 0. The van der Waals surface area contributed by atoms with Gasteiger partial charge in [0.2, 0.25) is 5.91 Å². The van der Waals surface area contributed by atoms with E-state index in [-0.39, 0.29) is 5.91 Å². The van der Waals surface area contributed by atoms with E-state index in [2.05, 4.69) is 10.4 Å². The summed E-state index contributed by atoms with van der Waals surface area (Å²) in [4.78, 5) is 13.7. The number of aromatic nitrogens is 2. The lowest BCUT2D eigenvalue weighted by molar-refractivity contribution is -0.138. The summed E-state index contributed by atoms with van der Waals surface area (Å²) in [5, 5.41) is 6.74. The Balaban J connectivity index is 2.08. The Hall–Kier alpha value is -1.57. The number of nitrogens with zero attached hydrogens (tertiary/aromatic N) is 3. The van der Waals surface area contributed by atoms with E-state index in [9.17, 15) is 18.0 Å². The zero-order chi connectivity index (χ0) is 14.0. The molecule has 0 aliphatic carbocycles. The van der Waals surface area contributed by atoms with Crippen molar-refractivity contribution in [2.24, 2.45) is 0 Å². The van der Waals surface area contributed by atoms with E-state index < -0.39 is 17.8 Å². The first-order valence-electron chi connectivity index (χ1n) is 6.00. The topological polar surface area (TPSA) is 50.2 Å². The highest BCUT2D eigenvalue weighted by atomic mass is 19.4. The first-order valence-corrected chi connectivity index (χ1v) is 6.00. The van der Waals surface area contributed by atoms with Crippen LogP contribution < -0.4 is 5.32 Å². The minimum absolute atomic E-state index is 0.210. The molecule has 2 rings (SSSR count). The number of halogens is 3. The van der Waals surface area contributed by atoms with Crippen molar-refractivity contribution in [3.05, 3.63) is 18.0 Å². The zero-order valence-corrected chi connectivity index (χ0v) is 10.4. The largest absolute Gasteiger partial charge is 0.419 e. The van der Waals surface area contributed by atoms with Crippen molar-refractivity contribution in [1.82, 2.24) is 20.0 Å². The molecule has 1 aliphatic heterocycles. The van der Waals surface area contributed by atoms with Gasteiger partial charge < -0.3 is 10.2 Å². The van der Waals surface area contributed by atoms with Gasteiger partial charge in [0.1, 0.15) is 6.04 Å². The zero-order valence-electron chi connectivity index (χ0n) is 10.4. The number of nitrogens with one attached hydrogen (secondary N) is 1. The molecule has 0 aromatic carbocycles. The van der Waals surface area contributed by atoms with Crippen molar-refractivity contribution in [2.75, 3.05) is 26.2 Å². The molecular weight excluding hydrogens is 261 g/mol. The second kappa shape index (κ2) is 5.20. The quantitative estimate of drug-likeness (QED) is 0.873. The summed E-state index contributed by atoms with van der Waals surface area (Å²) < 4.78 is 38.5. The van der Waals surface area contributed by atoms with Gasteiger partial charge in [0.15, 0.2) is 0 Å². The van der Waals surface area contributed by atoms with Gasteiger partial charge in [0, 0.05) is 32.4 Å². The summed E-state index contributed by atoms with van der Waals surface area (Å²) in [6.07, 6.45) is -2.83.